The number of methoxy groups -OCH3 is 1. The van der Waals surface area contributed by atoms with E-state index in [1.165, 1.54) is 64.2 Å². The fraction of sp³-hybridized carbons (Fsp3) is 0.933. The van der Waals surface area contributed by atoms with Gasteiger partial charge in [-0.15, -0.1) is 0 Å². The van der Waals surface area contributed by atoms with Crippen molar-refractivity contribution in [2.45, 2.75) is 112 Å². The lowest BCUT2D eigenvalue weighted by Gasteiger charge is -2.61. The molecule has 0 heterocycles. The Balaban J connectivity index is 1.48. The monoisotopic (exact) mass is 428 g/mol. The lowest BCUT2D eigenvalue weighted by Crippen LogP contribution is -2.54. The van der Waals surface area contributed by atoms with E-state index >= 15 is 0 Å². The Hall–Kier alpha value is -0.300. The molecule has 4 rings (SSSR count). The second-order valence-corrected chi connectivity index (χ2v) is 13.1. The molecule has 4 aliphatic rings. The lowest BCUT2D eigenvalue weighted by atomic mass is 9.44. The first kappa shape index (κ1) is 23.8. The Labute approximate surface area is 194 Å². The van der Waals surface area contributed by atoms with E-state index in [0.717, 1.165) is 47.3 Å². The minimum Gasteiger partial charge on any atom is -0.381 e. The molecule has 0 aromatic rings. The minimum atomic E-state index is 0.532. The van der Waals surface area contributed by atoms with Crippen LogP contribution in [0, 0.1) is 58.2 Å². The van der Waals surface area contributed by atoms with Crippen LogP contribution in [0.15, 0.2) is 12.2 Å². The van der Waals surface area contributed by atoms with Crippen LogP contribution >= 0.6 is 0 Å². The fourth-order valence-corrected chi connectivity index (χ4v) is 9.62. The zero-order chi connectivity index (χ0) is 22.4. The standard InChI is InChI=1S/C30H52O/c1-8-22(20(2)3)10-9-21(4)26-13-14-27-25-12-11-23-19-24(31-7)15-17-29(23,5)28(25)16-18-30(26,27)6/h9-10,20-28H,8,11-19H2,1-7H3/t21-,22-,23?,24?,25+,26-,27+,28+,29+,30-/m1/s1. The highest BCUT2D eigenvalue weighted by molar-refractivity contribution is 5.11. The van der Waals surface area contributed by atoms with Crippen LogP contribution in [0.5, 0.6) is 0 Å². The molecule has 0 aromatic carbocycles. The number of ether oxygens (including phenoxy) is 1. The van der Waals surface area contributed by atoms with Crippen molar-refractivity contribution in [2.75, 3.05) is 7.11 Å². The van der Waals surface area contributed by atoms with E-state index in [0.29, 0.717) is 16.9 Å². The normalized spacial score (nSPS) is 47.1. The van der Waals surface area contributed by atoms with Gasteiger partial charge < -0.3 is 4.74 Å². The average Bonchev–Trinajstić information content (AvgIpc) is 3.10. The van der Waals surface area contributed by atoms with Crippen LogP contribution in [0.1, 0.15) is 106 Å². The number of fused-ring (bicyclic) bond motifs is 5. The van der Waals surface area contributed by atoms with Gasteiger partial charge in [0.05, 0.1) is 6.10 Å². The predicted octanol–water partition coefficient (Wildman–Crippen LogP) is 8.53. The molecule has 0 amide bonds. The zero-order valence-electron chi connectivity index (χ0n) is 21.8. The first-order chi connectivity index (χ1) is 14.7. The van der Waals surface area contributed by atoms with E-state index in [1.54, 1.807) is 0 Å². The molecule has 0 N–H and O–H groups in total. The first-order valence-electron chi connectivity index (χ1n) is 14.0. The maximum absolute atomic E-state index is 5.80. The Kier molecular flexibility index (Phi) is 7.04. The van der Waals surface area contributed by atoms with Crippen LogP contribution in [0.3, 0.4) is 0 Å². The molecule has 0 bridgehead atoms. The summed E-state index contributed by atoms with van der Waals surface area (Å²) in [4.78, 5) is 0. The lowest BCUT2D eigenvalue weighted by molar-refractivity contribution is -0.132. The van der Waals surface area contributed by atoms with E-state index in [9.17, 15) is 0 Å². The molecule has 2 unspecified atom stereocenters. The highest BCUT2D eigenvalue weighted by atomic mass is 16.5. The summed E-state index contributed by atoms with van der Waals surface area (Å²) >= 11 is 0. The molecule has 0 radical (unpaired) electrons. The van der Waals surface area contributed by atoms with Gasteiger partial charge in [-0.2, -0.15) is 0 Å². The smallest absolute Gasteiger partial charge is 0.0574 e. The molecule has 0 saturated heterocycles. The summed E-state index contributed by atoms with van der Waals surface area (Å²) in [6.45, 7) is 15.1. The maximum atomic E-state index is 5.80. The Bertz CT molecular complexity index is 636. The summed E-state index contributed by atoms with van der Waals surface area (Å²) in [5, 5.41) is 0. The van der Waals surface area contributed by atoms with Crippen LogP contribution in [-0.4, -0.2) is 13.2 Å². The summed E-state index contributed by atoms with van der Waals surface area (Å²) in [6.07, 6.45) is 20.0. The molecule has 4 saturated carbocycles. The third-order valence-electron chi connectivity index (χ3n) is 11.6. The van der Waals surface area contributed by atoms with Crippen molar-refractivity contribution in [2.24, 2.45) is 58.2 Å². The van der Waals surface area contributed by atoms with E-state index in [1.807, 2.05) is 7.11 Å². The van der Waals surface area contributed by atoms with Crippen molar-refractivity contribution in [1.29, 1.82) is 0 Å². The summed E-state index contributed by atoms with van der Waals surface area (Å²) in [7, 11) is 1.93. The van der Waals surface area contributed by atoms with Gasteiger partial charge in [-0.25, -0.2) is 0 Å². The van der Waals surface area contributed by atoms with E-state index in [4.69, 9.17) is 4.74 Å². The largest absolute Gasteiger partial charge is 0.381 e. The van der Waals surface area contributed by atoms with Crippen molar-refractivity contribution < 1.29 is 4.74 Å². The van der Waals surface area contributed by atoms with Gasteiger partial charge in [0, 0.05) is 7.11 Å². The van der Waals surface area contributed by atoms with Crippen LogP contribution in [0.25, 0.3) is 0 Å². The summed E-state index contributed by atoms with van der Waals surface area (Å²) in [5.74, 6) is 7.03. The van der Waals surface area contributed by atoms with Gasteiger partial charge in [0.25, 0.3) is 0 Å². The molecule has 178 valence electrons. The van der Waals surface area contributed by atoms with Crippen molar-refractivity contribution in [3.63, 3.8) is 0 Å². The SMILES string of the molecule is CC[C@H](C=C[C@@H](C)[C@H]1CC[C@H]2[C@@H]3CCC4CC(OC)CC[C@]4(C)[C@H]3CC[C@]12C)C(C)C. The Morgan fingerprint density at radius 1 is 0.871 bits per heavy atom. The summed E-state index contributed by atoms with van der Waals surface area (Å²) in [5.41, 5.74) is 1.17. The molecule has 1 heteroatoms. The van der Waals surface area contributed by atoms with E-state index in [2.05, 4.69) is 53.7 Å². The summed E-state index contributed by atoms with van der Waals surface area (Å²) in [6, 6.07) is 0. The summed E-state index contributed by atoms with van der Waals surface area (Å²) < 4.78 is 5.80. The molecule has 31 heavy (non-hydrogen) atoms. The molecule has 0 spiro atoms. The molecule has 10 atom stereocenters. The third-order valence-corrected chi connectivity index (χ3v) is 11.6. The van der Waals surface area contributed by atoms with Gasteiger partial charge in [-0.1, -0.05) is 53.7 Å². The third kappa shape index (κ3) is 4.08. The van der Waals surface area contributed by atoms with E-state index in [-0.39, 0.29) is 0 Å². The quantitative estimate of drug-likeness (QED) is 0.385. The predicted molar refractivity (Wildman–Crippen MR) is 133 cm³/mol. The average molecular weight is 429 g/mol. The van der Waals surface area contributed by atoms with Gasteiger partial charge in [0.1, 0.15) is 0 Å². The van der Waals surface area contributed by atoms with Crippen molar-refractivity contribution in [3.05, 3.63) is 12.2 Å². The van der Waals surface area contributed by atoms with Crippen LogP contribution in [0.2, 0.25) is 0 Å². The van der Waals surface area contributed by atoms with E-state index < -0.39 is 0 Å². The maximum Gasteiger partial charge on any atom is 0.0574 e. The zero-order valence-corrected chi connectivity index (χ0v) is 21.8. The van der Waals surface area contributed by atoms with Crippen LogP contribution in [-0.2, 0) is 4.74 Å². The van der Waals surface area contributed by atoms with Gasteiger partial charge in [0.15, 0.2) is 0 Å². The number of hydrogen-bond acceptors (Lipinski definition) is 1. The Morgan fingerprint density at radius 2 is 1.58 bits per heavy atom. The minimum absolute atomic E-state index is 0.532. The molecular formula is C30H52O. The molecule has 1 nitrogen and oxygen atoms in total. The molecular weight excluding hydrogens is 376 g/mol. The molecule has 4 aliphatic carbocycles. The first-order valence-corrected chi connectivity index (χ1v) is 14.0. The van der Waals surface area contributed by atoms with Crippen LogP contribution in [0.4, 0.5) is 0 Å². The van der Waals surface area contributed by atoms with Crippen molar-refractivity contribution in [1.82, 2.24) is 0 Å². The van der Waals surface area contributed by atoms with Gasteiger partial charge in [-0.05, 0) is 122 Å². The molecule has 4 fully saturated rings. The van der Waals surface area contributed by atoms with Gasteiger partial charge >= 0.3 is 0 Å². The molecule has 0 aromatic heterocycles. The highest BCUT2D eigenvalue weighted by Gasteiger charge is 2.60. The van der Waals surface area contributed by atoms with Crippen molar-refractivity contribution in [3.8, 4) is 0 Å². The Morgan fingerprint density at radius 3 is 2.26 bits per heavy atom. The van der Waals surface area contributed by atoms with Crippen LogP contribution < -0.4 is 0 Å². The fourth-order valence-electron chi connectivity index (χ4n) is 9.62. The number of allylic oxidation sites excluding steroid dienone is 2. The molecule has 0 aliphatic heterocycles. The van der Waals surface area contributed by atoms with Gasteiger partial charge in [-0.3, -0.25) is 0 Å². The van der Waals surface area contributed by atoms with Crippen molar-refractivity contribution >= 4 is 0 Å². The number of hydrogen-bond donors (Lipinski definition) is 0. The number of rotatable bonds is 6. The highest BCUT2D eigenvalue weighted by Crippen LogP contribution is 2.68. The second kappa shape index (κ2) is 9.15. The topological polar surface area (TPSA) is 9.23 Å². The van der Waals surface area contributed by atoms with Gasteiger partial charge in [0.2, 0.25) is 0 Å². The second-order valence-electron chi connectivity index (χ2n) is 13.1.